The van der Waals surface area contributed by atoms with Crippen LogP contribution in [0.25, 0.3) is 0 Å². The minimum absolute atomic E-state index is 0.00998. The first-order valence-electron chi connectivity index (χ1n) is 13.5. The molecule has 0 saturated carbocycles. The number of carbonyl (C=O) groups excluding carboxylic acids is 2. The van der Waals surface area contributed by atoms with Crippen molar-refractivity contribution in [1.29, 1.82) is 5.26 Å². The van der Waals surface area contributed by atoms with Gasteiger partial charge >= 0.3 is 0 Å². The first kappa shape index (κ1) is 29.4. The van der Waals surface area contributed by atoms with E-state index in [2.05, 4.69) is 21.7 Å². The molecule has 4 rings (SSSR count). The van der Waals surface area contributed by atoms with Gasteiger partial charge in [-0.3, -0.25) is 19.9 Å². The first-order valence-corrected chi connectivity index (χ1v) is 13.5. The maximum Gasteiger partial charge on any atom is 0.235 e. The van der Waals surface area contributed by atoms with E-state index in [1.807, 2.05) is 27.7 Å². The third-order valence-corrected chi connectivity index (χ3v) is 7.18. The Morgan fingerprint density at radius 2 is 2.23 bits per heavy atom. The lowest BCUT2D eigenvalue weighted by molar-refractivity contribution is -0.127. The van der Waals surface area contributed by atoms with Crippen molar-refractivity contribution < 1.29 is 28.6 Å². The Kier molecular flexibility index (Phi) is 9.03. The monoisotopic (exact) mass is 553 g/mol. The molecule has 4 atom stereocenters. The number of anilines is 1. The Morgan fingerprint density at radius 3 is 2.90 bits per heavy atom. The number of rotatable bonds is 11. The topological polar surface area (TPSA) is 137 Å². The number of aromatic nitrogens is 1. The van der Waals surface area contributed by atoms with Crippen molar-refractivity contribution in [3.63, 3.8) is 0 Å². The average molecular weight is 554 g/mol. The normalized spacial score (nSPS) is 22.5. The largest absolute Gasteiger partial charge is 0.455 e. The Labute approximate surface area is 233 Å². The summed E-state index contributed by atoms with van der Waals surface area (Å²) in [5.41, 5.74) is 0.454. The molecule has 0 saturated heterocycles. The molecule has 4 unspecified atom stereocenters. The molecule has 0 spiro atoms. The van der Waals surface area contributed by atoms with Crippen molar-refractivity contribution in [2.45, 2.75) is 59.2 Å². The van der Waals surface area contributed by atoms with E-state index in [0.717, 1.165) is 0 Å². The second-order valence-corrected chi connectivity index (χ2v) is 11.1. The summed E-state index contributed by atoms with van der Waals surface area (Å²) in [6.45, 7) is 7.96. The highest BCUT2D eigenvalue weighted by Gasteiger charge is 2.47. The highest BCUT2D eigenvalue weighted by Crippen LogP contribution is 2.45. The Bertz CT molecular complexity index is 1280. The zero-order chi connectivity index (χ0) is 29.0. The van der Waals surface area contributed by atoms with E-state index in [4.69, 9.17) is 9.47 Å². The van der Waals surface area contributed by atoms with Gasteiger partial charge in [-0.15, -0.1) is 0 Å². The number of hydrogen-bond acceptors (Lipinski definition) is 9. The standard InChI is InChI=1S/C29H36FN5O5/c1-5-17(2)34-27(37)22-25(36)23-24-26(19(11-33-23)10-18-6-8-20(30)9-7-18)40-21(12-35(24)28(22)38)13-39-16-32-15-29(3,4)14-31/h6,8-9,11-12,17-18,22,28,32,38H,5,7,10,13,15-16H2,1-4H3,(H,34,37). The molecule has 214 valence electrons. The van der Waals surface area contributed by atoms with Crippen LogP contribution in [0.1, 0.15) is 56.6 Å². The van der Waals surface area contributed by atoms with Crippen LogP contribution >= 0.6 is 0 Å². The second-order valence-electron chi connectivity index (χ2n) is 11.1. The lowest BCUT2D eigenvalue weighted by atomic mass is 9.88. The summed E-state index contributed by atoms with van der Waals surface area (Å²) >= 11 is 0. The van der Waals surface area contributed by atoms with Crippen molar-refractivity contribution in [3.8, 4) is 11.8 Å². The van der Waals surface area contributed by atoms with E-state index in [1.54, 1.807) is 12.3 Å². The second kappa shape index (κ2) is 12.3. The van der Waals surface area contributed by atoms with Crippen molar-refractivity contribution >= 4 is 17.4 Å². The van der Waals surface area contributed by atoms with Gasteiger partial charge in [-0.05, 0) is 58.1 Å². The fourth-order valence-electron chi connectivity index (χ4n) is 4.69. The maximum atomic E-state index is 13.5. The number of nitrogens with one attached hydrogen (secondary N) is 2. The lowest BCUT2D eigenvalue weighted by Crippen LogP contribution is -2.54. The zero-order valence-corrected chi connectivity index (χ0v) is 23.2. The van der Waals surface area contributed by atoms with E-state index in [-0.39, 0.29) is 36.8 Å². The van der Waals surface area contributed by atoms with Crippen LogP contribution in [0.3, 0.4) is 0 Å². The molecule has 3 aliphatic rings. The summed E-state index contributed by atoms with van der Waals surface area (Å²) in [5, 5.41) is 26.4. The number of halogens is 1. The first-order chi connectivity index (χ1) is 19.0. The fraction of sp³-hybridized carbons (Fsp3) is 0.517. The van der Waals surface area contributed by atoms with Gasteiger partial charge in [0.1, 0.15) is 41.7 Å². The number of pyridine rings is 1. The molecule has 3 N–H and O–H groups in total. The summed E-state index contributed by atoms with van der Waals surface area (Å²) in [7, 11) is 0. The summed E-state index contributed by atoms with van der Waals surface area (Å²) in [4.78, 5) is 32.4. The number of ether oxygens (including phenoxy) is 2. The summed E-state index contributed by atoms with van der Waals surface area (Å²) in [6, 6.07) is 2.04. The molecule has 10 nitrogen and oxygen atoms in total. The smallest absolute Gasteiger partial charge is 0.235 e. The third kappa shape index (κ3) is 6.41. The van der Waals surface area contributed by atoms with Gasteiger partial charge in [0, 0.05) is 30.5 Å². The van der Waals surface area contributed by atoms with E-state index in [0.29, 0.717) is 48.6 Å². The highest BCUT2D eigenvalue weighted by atomic mass is 19.1. The van der Waals surface area contributed by atoms with Crippen LogP contribution in [-0.4, -0.2) is 53.9 Å². The SMILES string of the molecule is CCC(C)NC(=O)C1C(=O)c2ncc(CC3C=CC(F)=CC3)c3c2N(C=C(COCNCC(C)(C)C#N)O3)C1O. The van der Waals surface area contributed by atoms with Crippen LogP contribution in [0.4, 0.5) is 10.1 Å². The molecule has 0 fully saturated rings. The van der Waals surface area contributed by atoms with Gasteiger partial charge in [0.2, 0.25) is 5.91 Å². The predicted octanol–water partition coefficient (Wildman–Crippen LogP) is 3.25. The van der Waals surface area contributed by atoms with Gasteiger partial charge in [0.25, 0.3) is 0 Å². The van der Waals surface area contributed by atoms with Crippen LogP contribution in [0.2, 0.25) is 0 Å². The fourth-order valence-corrected chi connectivity index (χ4v) is 4.69. The molecule has 3 heterocycles. The van der Waals surface area contributed by atoms with Gasteiger partial charge in [0.05, 0.1) is 18.2 Å². The number of aliphatic hydroxyl groups is 1. The molecule has 0 aromatic carbocycles. The molecule has 40 heavy (non-hydrogen) atoms. The summed E-state index contributed by atoms with van der Waals surface area (Å²) < 4.78 is 25.5. The number of hydrogen-bond donors (Lipinski definition) is 3. The average Bonchev–Trinajstić information content (AvgIpc) is 2.93. The zero-order valence-electron chi connectivity index (χ0n) is 23.2. The number of amides is 1. The minimum atomic E-state index is -1.49. The molecular weight excluding hydrogens is 517 g/mol. The summed E-state index contributed by atoms with van der Waals surface area (Å²) in [5.74, 6) is -2.14. The number of aliphatic hydroxyl groups excluding tert-OH is 1. The molecular formula is C29H36FN5O5. The number of nitriles is 1. The quantitative estimate of drug-likeness (QED) is 0.214. The van der Waals surface area contributed by atoms with Crippen molar-refractivity contribution in [2.24, 2.45) is 17.3 Å². The number of carbonyl (C=O) groups is 2. The number of Topliss-reactive ketones (excluding diaryl/α,β-unsaturated/α-hetero) is 1. The molecule has 1 amide bonds. The molecule has 1 aliphatic carbocycles. The van der Waals surface area contributed by atoms with Gasteiger partial charge in [-0.2, -0.15) is 5.26 Å². The molecule has 11 heteroatoms. The number of allylic oxidation sites excluding steroid dienone is 4. The Balaban J connectivity index is 1.61. The van der Waals surface area contributed by atoms with E-state index in [9.17, 15) is 24.3 Å². The highest BCUT2D eigenvalue weighted by molar-refractivity contribution is 6.15. The molecule has 1 aromatic rings. The Morgan fingerprint density at radius 1 is 1.45 bits per heavy atom. The minimum Gasteiger partial charge on any atom is -0.455 e. The van der Waals surface area contributed by atoms with Gasteiger partial charge < -0.3 is 24.8 Å². The predicted molar refractivity (Wildman–Crippen MR) is 146 cm³/mol. The molecule has 1 aromatic heterocycles. The van der Waals surface area contributed by atoms with E-state index < -0.39 is 29.3 Å². The maximum absolute atomic E-state index is 13.5. The van der Waals surface area contributed by atoms with Gasteiger partial charge in [-0.25, -0.2) is 4.39 Å². The third-order valence-electron chi connectivity index (χ3n) is 7.18. The van der Waals surface area contributed by atoms with E-state index in [1.165, 1.54) is 23.3 Å². The number of nitrogens with zero attached hydrogens (tertiary/aromatic N) is 3. The van der Waals surface area contributed by atoms with Crippen LogP contribution in [0, 0.1) is 28.6 Å². The molecule has 2 aliphatic heterocycles. The number of ketones is 1. The Hall–Kier alpha value is -3.59. The van der Waals surface area contributed by atoms with Crippen LogP contribution in [0.15, 0.2) is 42.2 Å². The van der Waals surface area contributed by atoms with Crippen LogP contribution < -0.4 is 20.3 Å². The van der Waals surface area contributed by atoms with Crippen molar-refractivity contribution in [1.82, 2.24) is 15.6 Å². The lowest BCUT2D eigenvalue weighted by Gasteiger charge is -2.40. The summed E-state index contributed by atoms with van der Waals surface area (Å²) in [6.07, 6.45) is 7.93. The van der Waals surface area contributed by atoms with E-state index >= 15 is 0 Å². The van der Waals surface area contributed by atoms with Crippen molar-refractivity contribution in [3.05, 3.63) is 53.5 Å². The van der Waals surface area contributed by atoms with Crippen LogP contribution in [-0.2, 0) is 16.0 Å². The van der Waals surface area contributed by atoms with Crippen molar-refractivity contribution in [2.75, 3.05) is 24.8 Å². The van der Waals surface area contributed by atoms with Crippen LogP contribution in [0.5, 0.6) is 5.75 Å². The molecule has 0 bridgehead atoms. The molecule has 0 radical (unpaired) electrons. The van der Waals surface area contributed by atoms with Gasteiger partial charge in [-0.1, -0.05) is 13.0 Å². The van der Waals surface area contributed by atoms with Gasteiger partial charge in [0.15, 0.2) is 11.5 Å².